The van der Waals surface area contributed by atoms with Crippen LogP contribution in [0.1, 0.15) is 32.6 Å². The molecule has 3 rings (SSSR count). The van der Waals surface area contributed by atoms with Crippen LogP contribution in [0, 0.1) is 5.41 Å². The van der Waals surface area contributed by atoms with Crippen molar-refractivity contribution in [3.8, 4) is 10.6 Å². The van der Waals surface area contributed by atoms with Gasteiger partial charge in [-0.05, 0) is 17.5 Å². The van der Waals surface area contributed by atoms with E-state index in [9.17, 15) is 0 Å². The van der Waals surface area contributed by atoms with Gasteiger partial charge in [-0.15, -0.1) is 11.3 Å². The molecular formula is C16H22ClN3OS. The van der Waals surface area contributed by atoms with Crippen LogP contribution in [0.4, 0.5) is 0 Å². The smallest absolute Gasteiger partial charge is 0.126 e. The molecule has 0 saturated carbocycles. The van der Waals surface area contributed by atoms with E-state index in [1.165, 1.54) is 0 Å². The first kappa shape index (κ1) is 16.0. The molecule has 0 aliphatic carbocycles. The van der Waals surface area contributed by atoms with Crippen LogP contribution >= 0.6 is 22.9 Å². The van der Waals surface area contributed by atoms with E-state index in [0.717, 1.165) is 40.4 Å². The molecule has 1 N–H and O–H groups in total. The zero-order chi connectivity index (χ0) is 15.7. The molecule has 1 saturated heterocycles. The molecule has 1 atom stereocenters. The maximum absolute atomic E-state index is 6.02. The van der Waals surface area contributed by atoms with Crippen molar-refractivity contribution in [1.82, 2.24) is 14.9 Å². The van der Waals surface area contributed by atoms with Crippen LogP contribution in [0.15, 0.2) is 18.3 Å². The lowest BCUT2D eigenvalue weighted by molar-refractivity contribution is -0.0246. The van der Waals surface area contributed by atoms with Crippen molar-refractivity contribution in [3.63, 3.8) is 0 Å². The Balaban J connectivity index is 1.81. The molecule has 0 radical (unpaired) electrons. The van der Waals surface area contributed by atoms with Crippen molar-refractivity contribution in [1.29, 1.82) is 0 Å². The van der Waals surface area contributed by atoms with Gasteiger partial charge in [0.1, 0.15) is 5.82 Å². The maximum atomic E-state index is 6.02. The highest BCUT2D eigenvalue weighted by Crippen LogP contribution is 2.32. The second kappa shape index (κ2) is 6.32. The number of thiophene rings is 1. The van der Waals surface area contributed by atoms with Crippen molar-refractivity contribution in [3.05, 3.63) is 28.5 Å². The summed E-state index contributed by atoms with van der Waals surface area (Å²) in [5.41, 5.74) is 1.28. The Morgan fingerprint density at radius 3 is 2.95 bits per heavy atom. The molecule has 22 heavy (non-hydrogen) atoms. The van der Waals surface area contributed by atoms with Gasteiger partial charge in [0.25, 0.3) is 0 Å². The third kappa shape index (κ3) is 3.71. The van der Waals surface area contributed by atoms with Gasteiger partial charge >= 0.3 is 0 Å². The molecule has 1 aliphatic rings. The average molecular weight is 340 g/mol. The van der Waals surface area contributed by atoms with Crippen molar-refractivity contribution in [2.75, 3.05) is 26.3 Å². The van der Waals surface area contributed by atoms with E-state index in [-0.39, 0.29) is 11.5 Å². The Morgan fingerprint density at radius 2 is 2.27 bits per heavy atom. The Morgan fingerprint density at radius 1 is 1.45 bits per heavy atom. The summed E-state index contributed by atoms with van der Waals surface area (Å²) in [4.78, 5) is 11.6. The van der Waals surface area contributed by atoms with Crippen LogP contribution in [0.5, 0.6) is 0 Å². The molecule has 0 bridgehead atoms. The van der Waals surface area contributed by atoms with E-state index < -0.39 is 0 Å². The molecule has 0 spiro atoms. The molecule has 2 aromatic heterocycles. The van der Waals surface area contributed by atoms with Crippen molar-refractivity contribution in [2.45, 2.75) is 26.8 Å². The van der Waals surface area contributed by atoms with Crippen LogP contribution < -0.4 is 0 Å². The van der Waals surface area contributed by atoms with Gasteiger partial charge in [0, 0.05) is 13.1 Å². The summed E-state index contributed by atoms with van der Waals surface area (Å²) in [7, 11) is 0. The van der Waals surface area contributed by atoms with Gasteiger partial charge in [0.2, 0.25) is 0 Å². The number of nitrogens with one attached hydrogen (secondary N) is 1. The lowest BCUT2D eigenvalue weighted by Gasteiger charge is -2.38. The Hall–Kier alpha value is -0.880. The topological polar surface area (TPSA) is 41.1 Å². The van der Waals surface area contributed by atoms with Crippen LogP contribution in [-0.2, 0) is 4.74 Å². The standard InChI is InChI=1S/C16H22ClN3OS/c1-16(2,3)10-20-6-7-21-9-12(20)15-18-8-11(19-15)13-4-5-14(17)22-13/h4-5,8,12H,6-7,9-10H2,1-3H3,(H,18,19). The predicted octanol–water partition coefficient (Wildman–Crippen LogP) is 4.21. The number of rotatable bonds is 3. The first-order valence-electron chi connectivity index (χ1n) is 7.55. The van der Waals surface area contributed by atoms with Gasteiger partial charge in [-0.2, -0.15) is 0 Å². The molecule has 6 heteroatoms. The van der Waals surface area contributed by atoms with Gasteiger partial charge in [-0.25, -0.2) is 4.98 Å². The summed E-state index contributed by atoms with van der Waals surface area (Å²) in [6.07, 6.45) is 1.89. The molecule has 0 aromatic carbocycles. The molecule has 1 aliphatic heterocycles. The number of morpholine rings is 1. The fraction of sp³-hybridized carbons (Fsp3) is 0.562. The second-order valence-corrected chi connectivity index (χ2v) is 8.62. The van der Waals surface area contributed by atoms with E-state index in [0.29, 0.717) is 6.61 Å². The van der Waals surface area contributed by atoms with E-state index in [4.69, 9.17) is 16.3 Å². The lowest BCUT2D eigenvalue weighted by Crippen LogP contribution is -2.44. The molecular weight excluding hydrogens is 318 g/mol. The van der Waals surface area contributed by atoms with E-state index in [2.05, 4.69) is 35.6 Å². The van der Waals surface area contributed by atoms with E-state index >= 15 is 0 Å². The Kier molecular flexibility index (Phi) is 4.59. The number of hydrogen-bond donors (Lipinski definition) is 1. The van der Waals surface area contributed by atoms with Crippen molar-refractivity contribution < 1.29 is 4.74 Å². The van der Waals surface area contributed by atoms with Gasteiger partial charge in [0.15, 0.2) is 0 Å². The number of H-pyrrole nitrogens is 1. The maximum Gasteiger partial charge on any atom is 0.126 e. The largest absolute Gasteiger partial charge is 0.378 e. The number of halogens is 1. The summed E-state index contributed by atoms with van der Waals surface area (Å²) in [6, 6.07) is 4.13. The van der Waals surface area contributed by atoms with E-state index in [1.807, 2.05) is 18.3 Å². The lowest BCUT2D eigenvalue weighted by atomic mass is 9.95. The van der Waals surface area contributed by atoms with Gasteiger partial charge in [-0.3, -0.25) is 4.90 Å². The minimum absolute atomic E-state index is 0.192. The third-order valence-electron chi connectivity index (χ3n) is 3.67. The molecule has 1 unspecified atom stereocenters. The van der Waals surface area contributed by atoms with Crippen molar-refractivity contribution >= 4 is 22.9 Å². The van der Waals surface area contributed by atoms with Crippen LogP contribution in [0.25, 0.3) is 10.6 Å². The molecule has 1 fully saturated rings. The van der Waals surface area contributed by atoms with Gasteiger partial charge in [0.05, 0.1) is 40.4 Å². The molecule has 120 valence electrons. The number of hydrogen-bond acceptors (Lipinski definition) is 4. The predicted molar refractivity (Wildman–Crippen MR) is 91.5 cm³/mol. The highest BCUT2D eigenvalue weighted by molar-refractivity contribution is 7.19. The molecule has 2 aromatic rings. The highest BCUT2D eigenvalue weighted by atomic mass is 35.5. The van der Waals surface area contributed by atoms with Gasteiger partial charge < -0.3 is 9.72 Å². The van der Waals surface area contributed by atoms with Crippen LogP contribution in [0.2, 0.25) is 4.34 Å². The highest BCUT2D eigenvalue weighted by Gasteiger charge is 2.30. The number of imidazole rings is 1. The number of aromatic nitrogens is 2. The summed E-state index contributed by atoms with van der Waals surface area (Å²) < 4.78 is 6.47. The number of nitrogens with zero attached hydrogens (tertiary/aromatic N) is 2. The summed E-state index contributed by atoms with van der Waals surface area (Å²) >= 11 is 7.58. The molecule has 4 nitrogen and oxygen atoms in total. The Bertz CT molecular complexity index is 631. The number of ether oxygens (including phenoxy) is 1. The quantitative estimate of drug-likeness (QED) is 0.910. The van der Waals surface area contributed by atoms with Crippen LogP contribution in [0.3, 0.4) is 0 Å². The SMILES string of the molecule is CC(C)(C)CN1CCOCC1c1ncc(-c2ccc(Cl)s2)[nH]1. The second-order valence-electron chi connectivity index (χ2n) is 6.91. The van der Waals surface area contributed by atoms with Crippen molar-refractivity contribution in [2.24, 2.45) is 5.41 Å². The normalized spacial score (nSPS) is 20.5. The van der Waals surface area contributed by atoms with Gasteiger partial charge in [-0.1, -0.05) is 32.4 Å². The fourth-order valence-corrected chi connectivity index (χ4v) is 3.79. The average Bonchev–Trinajstić information content (AvgIpc) is 3.06. The van der Waals surface area contributed by atoms with E-state index in [1.54, 1.807) is 11.3 Å². The summed E-state index contributed by atoms with van der Waals surface area (Å²) in [5.74, 6) is 0.975. The summed E-state index contributed by atoms with van der Waals surface area (Å²) in [5, 5.41) is 0. The number of aromatic amines is 1. The minimum Gasteiger partial charge on any atom is -0.378 e. The summed E-state index contributed by atoms with van der Waals surface area (Å²) in [6.45, 7) is 10.3. The monoisotopic (exact) mass is 339 g/mol. The molecule has 0 amide bonds. The Labute approximate surface area is 140 Å². The zero-order valence-corrected chi connectivity index (χ0v) is 14.8. The zero-order valence-electron chi connectivity index (χ0n) is 13.2. The third-order valence-corrected chi connectivity index (χ3v) is 4.93. The minimum atomic E-state index is 0.192. The molecule has 3 heterocycles. The first-order valence-corrected chi connectivity index (χ1v) is 8.74. The fourth-order valence-electron chi connectivity index (χ4n) is 2.78. The van der Waals surface area contributed by atoms with Crippen LogP contribution in [-0.4, -0.2) is 41.2 Å². The first-order chi connectivity index (χ1) is 10.4.